The Bertz CT molecular complexity index is 844. The van der Waals surface area contributed by atoms with E-state index >= 15 is 0 Å². The summed E-state index contributed by atoms with van der Waals surface area (Å²) in [7, 11) is 0. The maximum absolute atomic E-state index is 13.2. The molecule has 0 unspecified atom stereocenters. The second-order valence-electron chi connectivity index (χ2n) is 4.72. The molecule has 2 aromatic carbocycles. The number of amides is 2. The first-order chi connectivity index (χ1) is 11.5. The summed E-state index contributed by atoms with van der Waals surface area (Å²) in [6, 6.07) is 5.77. The number of fused-ring (bicyclic) bond motifs is 1. The van der Waals surface area contributed by atoms with Gasteiger partial charge in [-0.15, -0.1) is 0 Å². The van der Waals surface area contributed by atoms with E-state index in [2.05, 4.69) is 10.9 Å². The second kappa shape index (κ2) is 6.32. The molecule has 0 aromatic heterocycles. The van der Waals surface area contributed by atoms with Gasteiger partial charge in [0.2, 0.25) is 6.79 Å². The molecule has 3 rings (SSSR count). The van der Waals surface area contributed by atoms with Crippen LogP contribution >= 0.6 is 11.6 Å². The lowest BCUT2D eigenvalue weighted by Gasteiger charge is -2.09. The van der Waals surface area contributed by atoms with Crippen molar-refractivity contribution in [1.29, 1.82) is 0 Å². The van der Waals surface area contributed by atoms with E-state index in [1.54, 1.807) is 6.07 Å². The van der Waals surface area contributed by atoms with E-state index in [0.717, 1.165) is 0 Å². The molecule has 0 spiro atoms. The first kappa shape index (κ1) is 16.0. The number of hydrogen-bond donors (Lipinski definition) is 2. The summed E-state index contributed by atoms with van der Waals surface area (Å²) in [5.41, 5.74) is 4.09. The second-order valence-corrected chi connectivity index (χ2v) is 5.13. The summed E-state index contributed by atoms with van der Waals surface area (Å²) in [6.45, 7) is 0.0613. The highest BCUT2D eigenvalue weighted by atomic mass is 35.5. The summed E-state index contributed by atoms with van der Waals surface area (Å²) in [5, 5.41) is -0.288. The highest BCUT2D eigenvalue weighted by Crippen LogP contribution is 2.32. The number of halogens is 3. The quantitative estimate of drug-likeness (QED) is 0.641. The third-order valence-corrected chi connectivity index (χ3v) is 3.49. The Hall–Kier alpha value is -2.87. The number of nitrogens with one attached hydrogen (secondary N) is 2. The van der Waals surface area contributed by atoms with Crippen molar-refractivity contribution in [3.05, 3.63) is 58.1 Å². The van der Waals surface area contributed by atoms with Gasteiger partial charge in [-0.2, -0.15) is 0 Å². The molecule has 0 bridgehead atoms. The van der Waals surface area contributed by atoms with E-state index in [0.29, 0.717) is 23.6 Å². The summed E-state index contributed by atoms with van der Waals surface area (Å²) >= 11 is 5.68. The van der Waals surface area contributed by atoms with Crippen LogP contribution in [-0.4, -0.2) is 18.6 Å². The van der Waals surface area contributed by atoms with E-state index < -0.39 is 23.4 Å². The monoisotopic (exact) mass is 354 g/mol. The van der Waals surface area contributed by atoms with Gasteiger partial charge in [-0.25, -0.2) is 8.78 Å². The van der Waals surface area contributed by atoms with E-state index in [9.17, 15) is 18.4 Å². The third-order valence-electron chi connectivity index (χ3n) is 3.18. The molecule has 6 nitrogen and oxygen atoms in total. The molecule has 0 fully saturated rings. The van der Waals surface area contributed by atoms with Gasteiger partial charge in [0.25, 0.3) is 11.8 Å². The highest BCUT2D eigenvalue weighted by molar-refractivity contribution is 6.33. The Morgan fingerprint density at radius 3 is 2.42 bits per heavy atom. The fourth-order valence-electron chi connectivity index (χ4n) is 1.99. The minimum atomic E-state index is -1.23. The highest BCUT2D eigenvalue weighted by Gasteiger charge is 2.18. The summed E-state index contributed by atoms with van der Waals surface area (Å²) < 4.78 is 36.4. The van der Waals surface area contributed by atoms with Gasteiger partial charge in [-0.3, -0.25) is 20.4 Å². The predicted molar refractivity (Wildman–Crippen MR) is 78.9 cm³/mol. The van der Waals surface area contributed by atoms with Gasteiger partial charge >= 0.3 is 0 Å². The average Bonchev–Trinajstić information content (AvgIpc) is 3.03. The number of benzene rings is 2. The fraction of sp³-hybridized carbons (Fsp3) is 0.0667. The molecule has 24 heavy (non-hydrogen) atoms. The molecule has 1 aliphatic heterocycles. The predicted octanol–water partition coefficient (Wildman–Crippen LogP) is 2.42. The molecule has 1 aliphatic rings. The lowest BCUT2D eigenvalue weighted by molar-refractivity contribution is 0.0846. The van der Waals surface area contributed by atoms with Gasteiger partial charge in [0.1, 0.15) is 0 Å². The Kier molecular flexibility index (Phi) is 4.22. The Balaban J connectivity index is 1.68. The van der Waals surface area contributed by atoms with Crippen molar-refractivity contribution in [3.63, 3.8) is 0 Å². The first-order valence-electron chi connectivity index (χ1n) is 6.60. The molecule has 9 heteroatoms. The molecule has 2 aromatic rings. The third kappa shape index (κ3) is 3.09. The van der Waals surface area contributed by atoms with Gasteiger partial charge < -0.3 is 9.47 Å². The van der Waals surface area contributed by atoms with Gasteiger partial charge in [0, 0.05) is 5.56 Å². The lowest BCUT2D eigenvalue weighted by Crippen LogP contribution is -2.41. The average molecular weight is 355 g/mol. The van der Waals surface area contributed by atoms with Gasteiger partial charge in [-0.05, 0) is 30.3 Å². The van der Waals surface area contributed by atoms with E-state index in [1.807, 2.05) is 0 Å². The van der Waals surface area contributed by atoms with Gasteiger partial charge in [0.05, 0.1) is 10.6 Å². The van der Waals surface area contributed by atoms with Crippen molar-refractivity contribution in [2.24, 2.45) is 0 Å². The van der Waals surface area contributed by atoms with E-state index in [4.69, 9.17) is 21.1 Å². The minimum Gasteiger partial charge on any atom is -0.454 e. The Morgan fingerprint density at radius 2 is 1.62 bits per heavy atom. The molecule has 2 amide bonds. The smallest absolute Gasteiger partial charge is 0.271 e. The SMILES string of the molecule is O=C(NNC(=O)c1cc(F)c(F)cc1Cl)c1ccc2c(c1)OCO2. The van der Waals surface area contributed by atoms with Crippen LogP contribution in [0.15, 0.2) is 30.3 Å². The summed E-state index contributed by atoms with van der Waals surface area (Å²) in [6.07, 6.45) is 0. The molecule has 0 saturated carbocycles. The zero-order chi connectivity index (χ0) is 17.3. The van der Waals surface area contributed by atoms with Crippen molar-refractivity contribution in [2.75, 3.05) is 6.79 Å². The van der Waals surface area contributed by atoms with Crippen LogP contribution in [0.1, 0.15) is 20.7 Å². The molecule has 0 radical (unpaired) electrons. The van der Waals surface area contributed by atoms with Crippen LogP contribution in [0, 0.1) is 11.6 Å². The van der Waals surface area contributed by atoms with Crippen LogP contribution in [-0.2, 0) is 0 Å². The summed E-state index contributed by atoms with van der Waals surface area (Å²) in [4.78, 5) is 23.9. The molecular weight excluding hydrogens is 346 g/mol. The minimum absolute atomic E-state index is 0.0613. The van der Waals surface area contributed by atoms with Crippen molar-refractivity contribution in [1.82, 2.24) is 10.9 Å². The van der Waals surface area contributed by atoms with Gasteiger partial charge in [0.15, 0.2) is 23.1 Å². The standard InChI is InChI=1S/C15H9ClF2N2O4/c16-9-5-11(18)10(17)4-8(9)15(22)20-19-14(21)7-1-2-12-13(3-7)24-6-23-12/h1-5H,6H2,(H,19,21)(H,20,22). The molecule has 0 aliphatic carbocycles. The fourth-order valence-corrected chi connectivity index (χ4v) is 2.22. The Labute approximate surface area is 139 Å². The van der Waals surface area contributed by atoms with Crippen LogP contribution < -0.4 is 20.3 Å². The molecular formula is C15H9ClF2N2O4. The van der Waals surface area contributed by atoms with Crippen molar-refractivity contribution in [2.45, 2.75) is 0 Å². The largest absolute Gasteiger partial charge is 0.454 e. The number of carbonyl (C=O) groups excluding carboxylic acids is 2. The van der Waals surface area contributed by atoms with Crippen LogP contribution in [0.3, 0.4) is 0 Å². The van der Waals surface area contributed by atoms with E-state index in [-0.39, 0.29) is 22.9 Å². The zero-order valence-electron chi connectivity index (χ0n) is 11.9. The molecule has 124 valence electrons. The maximum atomic E-state index is 13.2. The molecule has 2 N–H and O–H groups in total. The number of ether oxygens (including phenoxy) is 2. The maximum Gasteiger partial charge on any atom is 0.271 e. The number of hydrazine groups is 1. The molecule has 1 heterocycles. The van der Waals surface area contributed by atoms with Crippen LogP contribution in [0.25, 0.3) is 0 Å². The van der Waals surface area contributed by atoms with Crippen molar-refractivity contribution >= 4 is 23.4 Å². The Morgan fingerprint density at radius 1 is 0.958 bits per heavy atom. The number of hydrogen-bond acceptors (Lipinski definition) is 4. The topological polar surface area (TPSA) is 76.7 Å². The van der Waals surface area contributed by atoms with Crippen LogP contribution in [0.2, 0.25) is 5.02 Å². The van der Waals surface area contributed by atoms with E-state index in [1.165, 1.54) is 12.1 Å². The lowest BCUT2D eigenvalue weighted by atomic mass is 10.2. The zero-order valence-corrected chi connectivity index (χ0v) is 12.6. The number of rotatable bonds is 2. The van der Waals surface area contributed by atoms with Crippen LogP contribution in [0.5, 0.6) is 11.5 Å². The molecule has 0 atom stereocenters. The van der Waals surface area contributed by atoms with Crippen molar-refractivity contribution < 1.29 is 27.8 Å². The van der Waals surface area contributed by atoms with Gasteiger partial charge in [-0.1, -0.05) is 11.6 Å². The normalized spacial score (nSPS) is 12.0. The molecule has 0 saturated heterocycles. The summed E-state index contributed by atoms with van der Waals surface area (Å²) in [5.74, 6) is -3.04. The number of carbonyl (C=O) groups is 2. The van der Waals surface area contributed by atoms with Crippen molar-refractivity contribution in [3.8, 4) is 11.5 Å². The first-order valence-corrected chi connectivity index (χ1v) is 6.98. The van der Waals surface area contributed by atoms with Crippen LogP contribution in [0.4, 0.5) is 8.78 Å².